The van der Waals surface area contributed by atoms with Crippen molar-refractivity contribution in [3.05, 3.63) is 0 Å². The van der Waals surface area contributed by atoms with Gasteiger partial charge in [-0.1, -0.05) is 19.3 Å². The number of hydrogen-bond acceptors (Lipinski definition) is 3. The van der Waals surface area contributed by atoms with E-state index in [1.807, 2.05) is 6.07 Å². The maximum atomic E-state index is 11.2. The Morgan fingerprint density at radius 1 is 1.46 bits per heavy atom. The number of rotatable bonds is 2. The van der Waals surface area contributed by atoms with Crippen LogP contribution in [0.5, 0.6) is 0 Å². The summed E-state index contributed by atoms with van der Waals surface area (Å²) in [4.78, 5) is 11.2. The van der Waals surface area contributed by atoms with E-state index in [0.29, 0.717) is 0 Å². The van der Waals surface area contributed by atoms with Gasteiger partial charge in [-0.25, -0.2) is 5.84 Å². The molecular formula is C9H15N3O. The standard InChI is InChI=1S/C9H15N3O/c10-6-8(9(13)12-11)7-4-2-1-3-5-7/h7-8H,1-5,11H2,(H,12,13). The van der Waals surface area contributed by atoms with Gasteiger partial charge >= 0.3 is 0 Å². The van der Waals surface area contributed by atoms with Gasteiger partial charge in [0.1, 0.15) is 5.92 Å². The smallest absolute Gasteiger partial charge is 0.251 e. The highest BCUT2D eigenvalue weighted by Crippen LogP contribution is 2.29. The lowest BCUT2D eigenvalue weighted by Gasteiger charge is -2.24. The highest BCUT2D eigenvalue weighted by atomic mass is 16.2. The van der Waals surface area contributed by atoms with Crippen molar-refractivity contribution in [1.29, 1.82) is 5.26 Å². The van der Waals surface area contributed by atoms with E-state index in [0.717, 1.165) is 25.7 Å². The van der Waals surface area contributed by atoms with Crippen molar-refractivity contribution in [1.82, 2.24) is 5.43 Å². The highest BCUT2D eigenvalue weighted by Gasteiger charge is 2.28. The number of carbonyl (C=O) groups is 1. The van der Waals surface area contributed by atoms with Gasteiger partial charge in [-0.3, -0.25) is 10.2 Å². The molecule has 1 unspecified atom stereocenters. The second-order valence-corrected chi connectivity index (χ2v) is 3.51. The minimum absolute atomic E-state index is 0.210. The molecule has 0 bridgehead atoms. The van der Waals surface area contributed by atoms with E-state index in [9.17, 15) is 4.79 Å². The Balaban J connectivity index is 2.55. The van der Waals surface area contributed by atoms with Gasteiger partial charge in [0, 0.05) is 0 Å². The lowest BCUT2D eigenvalue weighted by atomic mass is 9.80. The van der Waals surface area contributed by atoms with Gasteiger partial charge in [-0.05, 0) is 18.8 Å². The molecule has 0 saturated heterocycles. The first kappa shape index (κ1) is 10.0. The van der Waals surface area contributed by atoms with Crippen LogP contribution < -0.4 is 11.3 Å². The maximum absolute atomic E-state index is 11.2. The number of hydrogen-bond donors (Lipinski definition) is 2. The van der Waals surface area contributed by atoms with Gasteiger partial charge < -0.3 is 0 Å². The minimum atomic E-state index is -0.551. The van der Waals surface area contributed by atoms with E-state index in [1.165, 1.54) is 6.42 Å². The predicted octanol–water partition coefficient (Wildman–Crippen LogP) is 0.696. The number of nitrogens with zero attached hydrogens (tertiary/aromatic N) is 1. The van der Waals surface area contributed by atoms with E-state index in [4.69, 9.17) is 11.1 Å². The van der Waals surface area contributed by atoms with Crippen molar-refractivity contribution < 1.29 is 4.79 Å². The molecule has 0 aromatic carbocycles. The van der Waals surface area contributed by atoms with Crippen LogP contribution in [0.4, 0.5) is 0 Å². The summed E-state index contributed by atoms with van der Waals surface area (Å²) >= 11 is 0. The van der Waals surface area contributed by atoms with Crippen molar-refractivity contribution in [2.75, 3.05) is 0 Å². The molecule has 0 aliphatic heterocycles. The van der Waals surface area contributed by atoms with Crippen LogP contribution in [0.25, 0.3) is 0 Å². The van der Waals surface area contributed by atoms with Gasteiger partial charge in [0.2, 0.25) is 0 Å². The van der Waals surface area contributed by atoms with E-state index in [2.05, 4.69) is 5.43 Å². The van der Waals surface area contributed by atoms with Crippen LogP contribution in [0.1, 0.15) is 32.1 Å². The molecule has 1 atom stereocenters. The van der Waals surface area contributed by atoms with Crippen LogP contribution in [0.15, 0.2) is 0 Å². The van der Waals surface area contributed by atoms with Gasteiger partial charge in [0.05, 0.1) is 6.07 Å². The Bertz CT molecular complexity index is 215. The van der Waals surface area contributed by atoms with Crippen molar-refractivity contribution >= 4 is 5.91 Å². The third-order valence-electron chi connectivity index (χ3n) is 2.69. The Hall–Kier alpha value is -1.08. The van der Waals surface area contributed by atoms with Crippen molar-refractivity contribution in [2.45, 2.75) is 32.1 Å². The molecule has 1 aliphatic rings. The molecule has 0 spiro atoms. The zero-order chi connectivity index (χ0) is 9.68. The van der Waals surface area contributed by atoms with Gasteiger partial charge in [-0.2, -0.15) is 5.26 Å². The quantitative estimate of drug-likeness (QED) is 0.374. The fourth-order valence-electron chi connectivity index (χ4n) is 1.94. The largest absolute Gasteiger partial charge is 0.293 e. The number of amides is 1. The van der Waals surface area contributed by atoms with Crippen molar-refractivity contribution in [3.63, 3.8) is 0 Å². The monoisotopic (exact) mass is 181 g/mol. The second kappa shape index (κ2) is 4.83. The molecule has 0 aromatic rings. The Morgan fingerprint density at radius 3 is 2.54 bits per heavy atom. The Kier molecular flexibility index (Phi) is 3.71. The summed E-state index contributed by atoms with van der Waals surface area (Å²) in [5, 5.41) is 8.81. The molecular weight excluding hydrogens is 166 g/mol. The van der Waals surface area contributed by atoms with E-state index >= 15 is 0 Å². The first-order valence-corrected chi connectivity index (χ1v) is 4.69. The molecule has 1 amide bonds. The highest BCUT2D eigenvalue weighted by molar-refractivity contribution is 5.80. The number of nitrogens with two attached hydrogens (primary N) is 1. The van der Waals surface area contributed by atoms with Crippen molar-refractivity contribution in [3.8, 4) is 6.07 Å². The third kappa shape index (κ3) is 2.43. The maximum Gasteiger partial charge on any atom is 0.251 e. The zero-order valence-electron chi connectivity index (χ0n) is 7.62. The summed E-state index contributed by atoms with van der Waals surface area (Å²) in [5.41, 5.74) is 2.05. The van der Waals surface area contributed by atoms with Crippen LogP contribution in [-0.4, -0.2) is 5.91 Å². The first-order chi connectivity index (χ1) is 6.29. The molecule has 3 N–H and O–H groups in total. The van der Waals surface area contributed by atoms with Gasteiger partial charge in [0.25, 0.3) is 5.91 Å². The average molecular weight is 181 g/mol. The molecule has 0 aromatic heterocycles. The molecule has 4 heteroatoms. The topological polar surface area (TPSA) is 78.9 Å². The second-order valence-electron chi connectivity index (χ2n) is 3.51. The molecule has 72 valence electrons. The molecule has 0 radical (unpaired) electrons. The Morgan fingerprint density at radius 2 is 2.08 bits per heavy atom. The molecule has 13 heavy (non-hydrogen) atoms. The fourth-order valence-corrected chi connectivity index (χ4v) is 1.94. The summed E-state index contributed by atoms with van der Waals surface area (Å²) in [7, 11) is 0. The summed E-state index contributed by atoms with van der Waals surface area (Å²) < 4.78 is 0. The summed E-state index contributed by atoms with van der Waals surface area (Å²) in [6.07, 6.45) is 5.43. The normalized spacial score (nSPS) is 20.3. The number of carbonyl (C=O) groups excluding carboxylic acids is 1. The molecule has 0 heterocycles. The molecule has 4 nitrogen and oxygen atoms in total. The third-order valence-corrected chi connectivity index (χ3v) is 2.69. The van der Waals surface area contributed by atoms with Gasteiger partial charge in [-0.15, -0.1) is 0 Å². The minimum Gasteiger partial charge on any atom is -0.293 e. The number of nitriles is 1. The molecule has 1 fully saturated rings. The SMILES string of the molecule is N#CC(C(=O)NN)C1CCCCC1. The van der Waals surface area contributed by atoms with Crippen molar-refractivity contribution in [2.24, 2.45) is 17.7 Å². The van der Waals surface area contributed by atoms with Crippen LogP contribution >= 0.6 is 0 Å². The molecule has 1 saturated carbocycles. The molecule has 1 rings (SSSR count). The molecule has 1 aliphatic carbocycles. The summed E-state index contributed by atoms with van der Waals surface area (Å²) in [6, 6.07) is 2.03. The van der Waals surface area contributed by atoms with E-state index in [1.54, 1.807) is 0 Å². The Labute approximate surface area is 78.1 Å². The number of nitrogens with one attached hydrogen (secondary N) is 1. The van der Waals surface area contributed by atoms with Crippen LogP contribution in [0.2, 0.25) is 0 Å². The predicted molar refractivity (Wildman–Crippen MR) is 48.0 cm³/mol. The summed E-state index contributed by atoms with van der Waals surface area (Å²) in [5.74, 6) is 4.33. The first-order valence-electron chi connectivity index (χ1n) is 4.69. The van der Waals surface area contributed by atoms with E-state index < -0.39 is 5.92 Å². The average Bonchev–Trinajstić information content (AvgIpc) is 2.20. The van der Waals surface area contributed by atoms with Gasteiger partial charge in [0.15, 0.2) is 0 Å². The van der Waals surface area contributed by atoms with E-state index in [-0.39, 0.29) is 11.8 Å². The zero-order valence-corrected chi connectivity index (χ0v) is 7.62. The van der Waals surface area contributed by atoms with Crippen LogP contribution in [0.3, 0.4) is 0 Å². The lowest BCUT2D eigenvalue weighted by molar-refractivity contribution is -0.125. The fraction of sp³-hybridized carbons (Fsp3) is 0.778. The summed E-state index contributed by atoms with van der Waals surface area (Å²) in [6.45, 7) is 0. The van der Waals surface area contributed by atoms with Crippen LogP contribution in [-0.2, 0) is 4.79 Å². The number of hydrazine groups is 1. The lowest BCUT2D eigenvalue weighted by Crippen LogP contribution is -2.39. The van der Waals surface area contributed by atoms with Crippen LogP contribution in [0, 0.1) is 23.2 Å².